The Labute approximate surface area is 71.5 Å². The van der Waals surface area contributed by atoms with Gasteiger partial charge in [0.05, 0.1) is 0 Å². The summed E-state index contributed by atoms with van der Waals surface area (Å²) in [7, 11) is 0. The van der Waals surface area contributed by atoms with Crippen LogP contribution in [-0.4, -0.2) is 16.0 Å². The van der Waals surface area contributed by atoms with Crippen molar-refractivity contribution < 1.29 is 0 Å². The van der Waals surface area contributed by atoms with Crippen LogP contribution in [0.3, 0.4) is 0 Å². The van der Waals surface area contributed by atoms with E-state index in [2.05, 4.69) is 27.4 Å². The predicted octanol–water partition coefficient (Wildman–Crippen LogP) is 1.61. The molecule has 1 aliphatic rings. The average Bonchev–Trinajstić information content (AvgIpc) is 2.59. The molecular formula is C9H11N3. The third kappa shape index (κ3) is 1.61. The molecule has 0 bridgehead atoms. The first-order valence-corrected chi connectivity index (χ1v) is 4.14. The quantitative estimate of drug-likeness (QED) is 0.669. The summed E-state index contributed by atoms with van der Waals surface area (Å²) in [6, 6.07) is 2.31. The molecule has 0 unspecified atom stereocenters. The maximum absolute atomic E-state index is 4.09. The van der Waals surface area contributed by atoms with Crippen molar-refractivity contribution >= 4 is 5.95 Å². The highest BCUT2D eigenvalue weighted by molar-refractivity contribution is 5.26. The van der Waals surface area contributed by atoms with Crippen LogP contribution in [-0.2, 0) is 0 Å². The Bertz CT molecular complexity index is 260. The van der Waals surface area contributed by atoms with Crippen molar-refractivity contribution in [2.75, 3.05) is 5.32 Å². The van der Waals surface area contributed by atoms with E-state index in [1.54, 1.807) is 12.4 Å². The van der Waals surface area contributed by atoms with E-state index in [1.807, 2.05) is 6.07 Å². The van der Waals surface area contributed by atoms with Crippen molar-refractivity contribution in [1.82, 2.24) is 9.97 Å². The molecule has 0 atom stereocenters. The molecule has 1 aromatic heterocycles. The summed E-state index contributed by atoms with van der Waals surface area (Å²) < 4.78 is 0. The monoisotopic (exact) mass is 161 g/mol. The fourth-order valence-corrected chi connectivity index (χ4v) is 1.29. The molecule has 1 N–H and O–H groups in total. The third-order valence-corrected chi connectivity index (χ3v) is 1.91. The fourth-order valence-electron chi connectivity index (χ4n) is 1.29. The number of anilines is 1. The molecule has 3 heteroatoms. The van der Waals surface area contributed by atoms with Gasteiger partial charge in [0.2, 0.25) is 5.95 Å². The number of hydrogen-bond donors (Lipinski definition) is 1. The second-order valence-electron chi connectivity index (χ2n) is 2.86. The highest BCUT2D eigenvalue weighted by atomic mass is 15.1. The van der Waals surface area contributed by atoms with E-state index < -0.39 is 0 Å². The Balaban J connectivity index is 1.95. The first-order valence-electron chi connectivity index (χ1n) is 4.14. The summed E-state index contributed by atoms with van der Waals surface area (Å²) in [5, 5.41) is 3.26. The van der Waals surface area contributed by atoms with Crippen molar-refractivity contribution in [3.63, 3.8) is 0 Å². The minimum Gasteiger partial charge on any atom is -0.351 e. The van der Waals surface area contributed by atoms with E-state index in [0.29, 0.717) is 6.04 Å². The van der Waals surface area contributed by atoms with Crippen LogP contribution in [0.1, 0.15) is 12.8 Å². The first kappa shape index (κ1) is 7.28. The lowest BCUT2D eigenvalue weighted by Crippen LogP contribution is -2.16. The zero-order valence-corrected chi connectivity index (χ0v) is 6.77. The molecule has 0 spiro atoms. The van der Waals surface area contributed by atoms with E-state index >= 15 is 0 Å². The summed E-state index contributed by atoms with van der Waals surface area (Å²) in [6.45, 7) is 0. The van der Waals surface area contributed by atoms with Crippen molar-refractivity contribution in [3.05, 3.63) is 30.6 Å². The minimum absolute atomic E-state index is 0.493. The normalized spacial score (nSPS) is 16.7. The second kappa shape index (κ2) is 3.34. The van der Waals surface area contributed by atoms with Crippen LogP contribution in [0.5, 0.6) is 0 Å². The average molecular weight is 161 g/mol. The van der Waals surface area contributed by atoms with Crippen molar-refractivity contribution in [1.29, 1.82) is 0 Å². The van der Waals surface area contributed by atoms with Crippen LogP contribution in [0.15, 0.2) is 30.6 Å². The van der Waals surface area contributed by atoms with Gasteiger partial charge in [0.15, 0.2) is 0 Å². The highest BCUT2D eigenvalue weighted by Gasteiger charge is 2.09. The summed E-state index contributed by atoms with van der Waals surface area (Å²) >= 11 is 0. The van der Waals surface area contributed by atoms with Gasteiger partial charge in [-0.2, -0.15) is 0 Å². The standard InChI is InChI=1S/C9H11N3/c1-2-5-8(4-1)12-9-10-6-3-7-11-9/h1-3,6-8H,4-5H2,(H,10,11,12). The molecule has 0 fully saturated rings. The third-order valence-electron chi connectivity index (χ3n) is 1.91. The zero-order chi connectivity index (χ0) is 8.23. The predicted molar refractivity (Wildman–Crippen MR) is 47.8 cm³/mol. The second-order valence-corrected chi connectivity index (χ2v) is 2.86. The van der Waals surface area contributed by atoms with Crippen LogP contribution in [0, 0.1) is 0 Å². The Morgan fingerprint density at radius 2 is 1.83 bits per heavy atom. The van der Waals surface area contributed by atoms with Gasteiger partial charge in [-0.25, -0.2) is 9.97 Å². The zero-order valence-electron chi connectivity index (χ0n) is 6.77. The molecule has 0 saturated carbocycles. The molecule has 0 amide bonds. The number of hydrogen-bond acceptors (Lipinski definition) is 3. The molecule has 2 rings (SSSR count). The molecule has 62 valence electrons. The van der Waals surface area contributed by atoms with Gasteiger partial charge in [-0.3, -0.25) is 0 Å². The number of nitrogens with one attached hydrogen (secondary N) is 1. The summed E-state index contributed by atoms with van der Waals surface area (Å²) in [4.78, 5) is 8.18. The Morgan fingerprint density at radius 3 is 2.50 bits per heavy atom. The van der Waals surface area contributed by atoms with Crippen LogP contribution in [0.2, 0.25) is 0 Å². The molecule has 1 aliphatic carbocycles. The maximum Gasteiger partial charge on any atom is 0.222 e. The summed E-state index contributed by atoms with van der Waals surface area (Å²) in [6.07, 6.45) is 10.0. The van der Waals surface area contributed by atoms with Crippen LogP contribution in [0.25, 0.3) is 0 Å². The largest absolute Gasteiger partial charge is 0.351 e. The lowest BCUT2D eigenvalue weighted by Gasteiger charge is -2.10. The van der Waals surface area contributed by atoms with Gasteiger partial charge in [-0.05, 0) is 18.9 Å². The molecule has 12 heavy (non-hydrogen) atoms. The van der Waals surface area contributed by atoms with Gasteiger partial charge in [0, 0.05) is 18.4 Å². The van der Waals surface area contributed by atoms with Gasteiger partial charge < -0.3 is 5.32 Å². The number of rotatable bonds is 2. The van der Waals surface area contributed by atoms with Crippen LogP contribution >= 0.6 is 0 Å². The molecule has 3 nitrogen and oxygen atoms in total. The minimum atomic E-state index is 0.493. The van der Waals surface area contributed by atoms with Crippen molar-refractivity contribution in [2.45, 2.75) is 18.9 Å². The molecule has 0 aromatic carbocycles. The van der Waals surface area contributed by atoms with Gasteiger partial charge in [-0.15, -0.1) is 0 Å². The number of nitrogens with zero attached hydrogens (tertiary/aromatic N) is 2. The van der Waals surface area contributed by atoms with E-state index in [-0.39, 0.29) is 0 Å². The van der Waals surface area contributed by atoms with Crippen LogP contribution in [0.4, 0.5) is 5.95 Å². The summed E-state index contributed by atoms with van der Waals surface area (Å²) in [5.74, 6) is 0.728. The Kier molecular flexibility index (Phi) is 2.03. The highest BCUT2D eigenvalue weighted by Crippen LogP contribution is 2.12. The SMILES string of the molecule is C1=CCC(Nc2ncccn2)C1. The maximum atomic E-state index is 4.09. The molecular weight excluding hydrogens is 150 g/mol. The molecule has 0 aliphatic heterocycles. The van der Waals surface area contributed by atoms with Crippen molar-refractivity contribution in [3.8, 4) is 0 Å². The summed E-state index contributed by atoms with van der Waals surface area (Å²) in [5.41, 5.74) is 0. The van der Waals surface area contributed by atoms with Crippen molar-refractivity contribution in [2.24, 2.45) is 0 Å². The lowest BCUT2D eigenvalue weighted by atomic mass is 10.2. The van der Waals surface area contributed by atoms with Gasteiger partial charge in [0.1, 0.15) is 0 Å². The van der Waals surface area contributed by atoms with Gasteiger partial charge in [-0.1, -0.05) is 12.2 Å². The molecule has 0 radical (unpaired) electrons. The fraction of sp³-hybridized carbons (Fsp3) is 0.333. The molecule has 0 saturated heterocycles. The van der Waals surface area contributed by atoms with Gasteiger partial charge in [0.25, 0.3) is 0 Å². The number of aromatic nitrogens is 2. The van der Waals surface area contributed by atoms with E-state index in [4.69, 9.17) is 0 Å². The van der Waals surface area contributed by atoms with Crippen LogP contribution < -0.4 is 5.32 Å². The lowest BCUT2D eigenvalue weighted by molar-refractivity contribution is 0.773. The molecule has 1 heterocycles. The van der Waals surface area contributed by atoms with Gasteiger partial charge >= 0.3 is 0 Å². The van der Waals surface area contributed by atoms with E-state index in [9.17, 15) is 0 Å². The topological polar surface area (TPSA) is 37.8 Å². The van der Waals surface area contributed by atoms with E-state index in [0.717, 1.165) is 18.8 Å². The van der Waals surface area contributed by atoms with E-state index in [1.165, 1.54) is 0 Å². The Morgan fingerprint density at radius 1 is 1.17 bits per heavy atom. The first-order chi connectivity index (χ1) is 5.95. The molecule has 1 aromatic rings. The Hall–Kier alpha value is -1.38. The smallest absolute Gasteiger partial charge is 0.222 e.